The molecule has 5 heteroatoms. The predicted octanol–water partition coefficient (Wildman–Crippen LogP) is 0.582. The molecule has 0 aliphatic carbocycles. The van der Waals surface area contributed by atoms with E-state index in [9.17, 15) is 4.79 Å². The number of amides is 2. The SMILES string of the molecule is O=C(NCCO)NCCc1cccs1. The fourth-order valence-electron chi connectivity index (χ4n) is 0.986. The van der Waals surface area contributed by atoms with Crippen LogP contribution >= 0.6 is 11.3 Å². The summed E-state index contributed by atoms with van der Waals surface area (Å²) >= 11 is 1.68. The molecular weight excluding hydrogens is 200 g/mol. The van der Waals surface area contributed by atoms with Crippen LogP contribution in [0.15, 0.2) is 17.5 Å². The average molecular weight is 214 g/mol. The fraction of sp³-hybridized carbons (Fsp3) is 0.444. The van der Waals surface area contributed by atoms with Crippen LogP contribution in [0.2, 0.25) is 0 Å². The van der Waals surface area contributed by atoms with Crippen molar-refractivity contribution in [2.24, 2.45) is 0 Å². The highest BCUT2D eigenvalue weighted by Crippen LogP contribution is 2.07. The Kier molecular flexibility index (Phi) is 5.03. The van der Waals surface area contributed by atoms with E-state index >= 15 is 0 Å². The van der Waals surface area contributed by atoms with E-state index in [-0.39, 0.29) is 12.6 Å². The minimum atomic E-state index is -0.226. The quantitative estimate of drug-likeness (QED) is 0.671. The fourth-order valence-corrected chi connectivity index (χ4v) is 1.69. The summed E-state index contributed by atoms with van der Waals surface area (Å²) in [5.41, 5.74) is 0. The van der Waals surface area contributed by atoms with E-state index in [1.807, 2.05) is 17.5 Å². The maximum Gasteiger partial charge on any atom is 0.314 e. The van der Waals surface area contributed by atoms with Gasteiger partial charge in [0.15, 0.2) is 0 Å². The highest BCUT2D eigenvalue weighted by Gasteiger charge is 1.98. The first-order valence-corrected chi connectivity index (χ1v) is 5.36. The van der Waals surface area contributed by atoms with Gasteiger partial charge in [0, 0.05) is 18.0 Å². The first-order valence-electron chi connectivity index (χ1n) is 4.48. The maximum absolute atomic E-state index is 11.0. The summed E-state index contributed by atoms with van der Waals surface area (Å²) in [6, 6.07) is 3.81. The summed E-state index contributed by atoms with van der Waals surface area (Å²) in [5, 5.41) is 15.7. The monoisotopic (exact) mass is 214 g/mol. The molecule has 0 saturated carbocycles. The van der Waals surface area contributed by atoms with Gasteiger partial charge in [0.1, 0.15) is 0 Å². The van der Waals surface area contributed by atoms with Crippen LogP contribution in [0.1, 0.15) is 4.88 Å². The molecule has 2 amide bonds. The van der Waals surface area contributed by atoms with Crippen molar-refractivity contribution in [1.29, 1.82) is 0 Å². The maximum atomic E-state index is 11.0. The lowest BCUT2D eigenvalue weighted by molar-refractivity contribution is 0.234. The van der Waals surface area contributed by atoms with Crippen molar-refractivity contribution in [1.82, 2.24) is 10.6 Å². The molecule has 0 bridgehead atoms. The highest BCUT2D eigenvalue weighted by atomic mass is 32.1. The number of hydrogen-bond acceptors (Lipinski definition) is 3. The molecule has 78 valence electrons. The molecule has 1 aromatic heterocycles. The molecule has 0 spiro atoms. The van der Waals surface area contributed by atoms with Crippen LogP contribution in [0, 0.1) is 0 Å². The highest BCUT2D eigenvalue weighted by molar-refractivity contribution is 7.09. The Labute approximate surface area is 87.0 Å². The molecular formula is C9H14N2O2S. The zero-order valence-electron chi connectivity index (χ0n) is 7.82. The van der Waals surface area contributed by atoms with Crippen molar-refractivity contribution in [3.63, 3.8) is 0 Å². The number of urea groups is 1. The molecule has 0 saturated heterocycles. The van der Waals surface area contributed by atoms with Gasteiger partial charge in [0.05, 0.1) is 6.61 Å². The first-order chi connectivity index (χ1) is 6.83. The zero-order valence-corrected chi connectivity index (χ0v) is 8.64. The Morgan fingerprint density at radius 1 is 1.43 bits per heavy atom. The summed E-state index contributed by atoms with van der Waals surface area (Å²) in [7, 11) is 0. The van der Waals surface area contributed by atoms with Crippen molar-refractivity contribution in [3.05, 3.63) is 22.4 Å². The van der Waals surface area contributed by atoms with Gasteiger partial charge in [-0.25, -0.2) is 4.79 Å². The van der Waals surface area contributed by atoms with Crippen molar-refractivity contribution in [3.8, 4) is 0 Å². The van der Waals surface area contributed by atoms with Gasteiger partial charge in [-0.2, -0.15) is 0 Å². The van der Waals surface area contributed by atoms with Crippen LogP contribution in [0.25, 0.3) is 0 Å². The number of aliphatic hydroxyl groups excluding tert-OH is 1. The lowest BCUT2D eigenvalue weighted by Gasteiger charge is -2.04. The zero-order chi connectivity index (χ0) is 10.2. The molecule has 0 aliphatic heterocycles. The Morgan fingerprint density at radius 2 is 2.21 bits per heavy atom. The van der Waals surface area contributed by atoms with E-state index < -0.39 is 0 Å². The van der Waals surface area contributed by atoms with Gasteiger partial charge >= 0.3 is 6.03 Å². The summed E-state index contributed by atoms with van der Waals surface area (Å²) in [4.78, 5) is 12.3. The standard InChI is InChI=1S/C9H14N2O2S/c12-6-5-11-9(13)10-4-3-8-2-1-7-14-8/h1-2,7,12H,3-6H2,(H2,10,11,13). The summed E-state index contributed by atoms with van der Waals surface area (Å²) in [6.45, 7) is 0.890. The van der Waals surface area contributed by atoms with E-state index in [0.717, 1.165) is 6.42 Å². The first kappa shape index (κ1) is 11.0. The van der Waals surface area contributed by atoms with E-state index in [1.54, 1.807) is 11.3 Å². The Hall–Kier alpha value is -1.07. The number of nitrogens with one attached hydrogen (secondary N) is 2. The molecule has 4 nitrogen and oxygen atoms in total. The largest absolute Gasteiger partial charge is 0.395 e. The molecule has 0 radical (unpaired) electrons. The molecule has 1 aromatic rings. The predicted molar refractivity (Wildman–Crippen MR) is 56.5 cm³/mol. The molecule has 14 heavy (non-hydrogen) atoms. The molecule has 0 aromatic carbocycles. The van der Waals surface area contributed by atoms with Crippen LogP contribution in [0.3, 0.4) is 0 Å². The molecule has 0 atom stereocenters. The number of carbonyl (C=O) groups is 1. The van der Waals surface area contributed by atoms with Gasteiger partial charge in [0.2, 0.25) is 0 Å². The number of rotatable bonds is 5. The smallest absolute Gasteiger partial charge is 0.314 e. The number of thiophene rings is 1. The van der Waals surface area contributed by atoms with Crippen LogP contribution in [0.4, 0.5) is 4.79 Å². The Morgan fingerprint density at radius 3 is 2.86 bits per heavy atom. The Balaban J connectivity index is 2.06. The van der Waals surface area contributed by atoms with Crippen LogP contribution in [0.5, 0.6) is 0 Å². The van der Waals surface area contributed by atoms with Crippen molar-refractivity contribution < 1.29 is 9.90 Å². The van der Waals surface area contributed by atoms with Gasteiger partial charge < -0.3 is 15.7 Å². The van der Waals surface area contributed by atoms with E-state index in [1.165, 1.54) is 4.88 Å². The Bertz CT molecular complexity index is 262. The van der Waals surface area contributed by atoms with E-state index in [0.29, 0.717) is 13.1 Å². The topological polar surface area (TPSA) is 61.4 Å². The van der Waals surface area contributed by atoms with Crippen molar-refractivity contribution in [2.45, 2.75) is 6.42 Å². The van der Waals surface area contributed by atoms with Crippen molar-refractivity contribution in [2.75, 3.05) is 19.7 Å². The molecule has 0 fully saturated rings. The van der Waals surface area contributed by atoms with Gasteiger partial charge in [-0.1, -0.05) is 6.07 Å². The van der Waals surface area contributed by atoms with Crippen molar-refractivity contribution >= 4 is 17.4 Å². The number of hydrogen-bond donors (Lipinski definition) is 3. The summed E-state index contributed by atoms with van der Waals surface area (Å²) < 4.78 is 0. The molecule has 1 rings (SSSR count). The normalized spacial score (nSPS) is 9.79. The van der Waals surface area contributed by atoms with Gasteiger partial charge in [-0.15, -0.1) is 11.3 Å². The third-order valence-corrected chi connectivity index (χ3v) is 2.57. The molecule has 1 heterocycles. The molecule has 3 N–H and O–H groups in total. The lowest BCUT2D eigenvalue weighted by Crippen LogP contribution is -2.37. The van der Waals surface area contributed by atoms with Gasteiger partial charge in [-0.05, 0) is 17.9 Å². The minimum Gasteiger partial charge on any atom is -0.395 e. The van der Waals surface area contributed by atoms with Crippen LogP contribution < -0.4 is 10.6 Å². The number of aliphatic hydroxyl groups is 1. The molecule has 0 aliphatic rings. The minimum absolute atomic E-state index is 0.0294. The third-order valence-electron chi connectivity index (χ3n) is 1.63. The van der Waals surface area contributed by atoms with Gasteiger partial charge in [-0.3, -0.25) is 0 Å². The average Bonchev–Trinajstić information content (AvgIpc) is 2.67. The summed E-state index contributed by atoms with van der Waals surface area (Å²) in [6.07, 6.45) is 0.851. The lowest BCUT2D eigenvalue weighted by atomic mass is 10.3. The van der Waals surface area contributed by atoms with Crippen LogP contribution in [-0.4, -0.2) is 30.8 Å². The second-order valence-corrected chi connectivity index (χ2v) is 3.77. The van der Waals surface area contributed by atoms with E-state index in [4.69, 9.17) is 5.11 Å². The van der Waals surface area contributed by atoms with Gasteiger partial charge in [0.25, 0.3) is 0 Å². The van der Waals surface area contributed by atoms with E-state index in [2.05, 4.69) is 10.6 Å². The second-order valence-electron chi connectivity index (χ2n) is 2.74. The summed E-state index contributed by atoms with van der Waals surface area (Å²) in [5.74, 6) is 0. The molecule has 0 unspecified atom stereocenters. The number of carbonyl (C=O) groups excluding carboxylic acids is 1. The third kappa shape index (κ3) is 4.25. The second kappa shape index (κ2) is 6.39. The van der Waals surface area contributed by atoms with Crippen LogP contribution in [-0.2, 0) is 6.42 Å².